The van der Waals surface area contributed by atoms with Crippen LogP contribution in [0.2, 0.25) is 0 Å². The first-order valence-electron chi connectivity index (χ1n) is 7.66. The van der Waals surface area contributed by atoms with Crippen molar-refractivity contribution in [3.8, 4) is 0 Å². The first-order valence-corrected chi connectivity index (χ1v) is 7.66. The number of benzene rings is 2. The Kier molecular flexibility index (Phi) is 4.65. The molecule has 1 heterocycles. The predicted octanol–water partition coefficient (Wildman–Crippen LogP) is 3.02. The highest BCUT2D eigenvalue weighted by Gasteiger charge is 2.08. The minimum absolute atomic E-state index is 0.166. The van der Waals surface area contributed by atoms with Crippen molar-refractivity contribution in [2.24, 2.45) is 0 Å². The van der Waals surface area contributed by atoms with Gasteiger partial charge in [-0.3, -0.25) is 9.59 Å². The lowest BCUT2D eigenvalue weighted by Gasteiger charge is -2.06. The number of aromatic nitrogens is 2. The Bertz CT molecular complexity index is 937. The number of H-pyrrole nitrogens is 1. The summed E-state index contributed by atoms with van der Waals surface area (Å²) < 4.78 is 13.5. The van der Waals surface area contributed by atoms with Crippen LogP contribution in [-0.2, 0) is 11.2 Å². The van der Waals surface area contributed by atoms with E-state index in [0.29, 0.717) is 29.6 Å². The van der Waals surface area contributed by atoms with Gasteiger partial charge in [0.2, 0.25) is 5.91 Å². The highest BCUT2D eigenvalue weighted by molar-refractivity contribution is 5.90. The van der Waals surface area contributed by atoms with Gasteiger partial charge in [0.1, 0.15) is 11.6 Å². The molecule has 0 bridgehead atoms. The van der Waals surface area contributed by atoms with E-state index in [1.165, 1.54) is 12.1 Å². The first-order chi connectivity index (χ1) is 11.6. The average Bonchev–Trinajstić information content (AvgIpc) is 2.57. The van der Waals surface area contributed by atoms with E-state index in [4.69, 9.17) is 0 Å². The second kappa shape index (κ2) is 7.04. The van der Waals surface area contributed by atoms with Gasteiger partial charge in [-0.1, -0.05) is 24.3 Å². The quantitative estimate of drug-likeness (QED) is 0.757. The number of aryl methyl sites for hydroxylation is 1. The van der Waals surface area contributed by atoms with Crippen molar-refractivity contribution in [1.82, 2.24) is 9.97 Å². The third kappa shape index (κ3) is 3.65. The molecular weight excluding hydrogens is 309 g/mol. The van der Waals surface area contributed by atoms with Gasteiger partial charge in [-0.2, -0.15) is 0 Å². The van der Waals surface area contributed by atoms with Gasteiger partial charge in [0.05, 0.1) is 16.6 Å². The summed E-state index contributed by atoms with van der Waals surface area (Å²) in [6.45, 7) is 0. The van der Waals surface area contributed by atoms with Crippen molar-refractivity contribution >= 4 is 22.5 Å². The molecule has 1 aromatic heterocycles. The molecule has 3 rings (SSSR count). The van der Waals surface area contributed by atoms with Crippen LogP contribution in [0.4, 0.5) is 10.1 Å². The SMILES string of the molecule is O=C(CCCc1nc2ccccc2c(=O)[nH]1)Nc1ccccc1F. The third-order valence-electron chi connectivity index (χ3n) is 3.63. The van der Waals surface area contributed by atoms with E-state index >= 15 is 0 Å². The lowest BCUT2D eigenvalue weighted by molar-refractivity contribution is -0.116. The van der Waals surface area contributed by atoms with Crippen LogP contribution >= 0.6 is 0 Å². The Morgan fingerprint density at radius 1 is 1.12 bits per heavy atom. The number of anilines is 1. The maximum Gasteiger partial charge on any atom is 0.258 e. The number of halogens is 1. The Morgan fingerprint density at radius 2 is 1.88 bits per heavy atom. The second-order valence-electron chi connectivity index (χ2n) is 5.41. The van der Waals surface area contributed by atoms with Crippen molar-refractivity contribution in [3.63, 3.8) is 0 Å². The van der Waals surface area contributed by atoms with Crippen molar-refractivity contribution in [1.29, 1.82) is 0 Å². The van der Waals surface area contributed by atoms with Crippen molar-refractivity contribution in [3.05, 3.63) is 70.5 Å². The molecule has 0 radical (unpaired) electrons. The topological polar surface area (TPSA) is 74.8 Å². The maximum atomic E-state index is 13.5. The van der Waals surface area contributed by atoms with Gasteiger partial charge in [0, 0.05) is 12.8 Å². The number of carbonyl (C=O) groups excluding carboxylic acids is 1. The summed E-state index contributed by atoms with van der Waals surface area (Å²) in [5.74, 6) is -0.202. The standard InChI is InChI=1S/C18H16FN3O2/c19-13-7-2-4-9-15(13)21-17(23)11-5-10-16-20-14-8-3-1-6-12(14)18(24)22-16/h1-4,6-9H,5,10-11H2,(H,21,23)(H,20,22,24). The number of carbonyl (C=O) groups is 1. The molecule has 0 aliphatic carbocycles. The first kappa shape index (κ1) is 15.9. The van der Waals surface area contributed by atoms with Gasteiger partial charge in [0.15, 0.2) is 0 Å². The van der Waals surface area contributed by atoms with E-state index in [0.717, 1.165) is 0 Å². The molecule has 1 amide bonds. The number of fused-ring (bicyclic) bond motifs is 1. The maximum absolute atomic E-state index is 13.5. The van der Waals surface area contributed by atoms with Gasteiger partial charge in [-0.25, -0.2) is 9.37 Å². The van der Waals surface area contributed by atoms with Crippen LogP contribution in [0.15, 0.2) is 53.3 Å². The number of hydrogen-bond donors (Lipinski definition) is 2. The number of para-hydroxylation sites is 2. The molecule has 0 atom stereocenters. The summed E-state index contributed by atoms with van der Waals surface area (Å²) >= 11 is 0. The molecule has 0 unspecified atom stereocenters. The molecule has 0 spiro atoms. The zero-order chi connectivity index (χ0) is 16.9. The number of nitrogens with one attached hydrogen (secondary N) is 2. The van der Waals surface area contributed by atoms with Crippen LogP contribution in [0.1, 0.15) is 18.7 Å². The summed E-state index contributed by atoms with van der Waals surface area (Å²) in [4.78, 5) is 30.9. The smallest absolute Gasteiger partial charge is 0.258 e. The van der Waals surface area contributed by atoms with Crippen LogP contribution < -0.4 is 10.9 Å². The number of hydrogen-bond acceptors (Lipinski definition) is 3. The third-order valence-corrected chi connectivity index (χ3v) is 3.63. The summed E-state index contributed by atoms with van der Waals surface area (Å²) in [6.07, 6.45) is 1.18. The van der Waals surface area contributed by atoms with Gasteiger partial charge in [0.25, 0.3) is 5.56 Å². The molecular formula is C18H16FN3O2. The summed E-state index contributed by atoms with van der Waals surface area (Å²) in [5, 5.41) is 3.07. The number of aromatic amines is 1. The highest BCUT2D eigenvalue weighted by atomic mass is 19.1. The van der Waals surface area contributed by atoms with Gasteiger partial charge in [-0.15, -0.1) is 0 Å². The van der Waals surface area contributed by atoms with E-state index < -0.39 is 5.82 Å². The number of rotatable bonds is 5. The van der Waals surface area contributed by atoms with Crippen molar-refractivity contribution in [2.45, 2.75) is 19.3 Å². The molecule has 0 saturated heterocycles. The zero-order valence-electron chi connectivity index (χ0n) is 12.9. The normalized spacial score (nSPS) is 10.7. The molecule has 3 aromatic rings. The molecule has 0 fully saturated rings. The second-order valence-corrected chi connectivity index (χ2v) is 5.41. The molecule has 2 aromatic carbocycles. The van der Waals surface area contributed by atoms with E-state index in [1.54, 1.807) is 30.3 Å². The van der Waals surface area contributed by atoms with Crippen molar-refractivity contribution < 1.29 is 9.18 Å². The van der Waals surface area contributed by atoms with Crippen LogP contribution in [0.5, 0.6) is 0 Å². The molecule has 0 aliphatic rings. The predicted molar refractivity (Wildman–Crippen MR) is 90.3 cm³/mol. The van der Waals surface area contributed by atoms with Crippen LogP contribution in [-0.4, -0.2) is 15.9 Å². The Labute approximate surface area is 137 Å². The Balaban J connectivity index is 1.59. The minimum atomic E-state index is -0.466. The van der Waals surface area contributed by atoms with Gasteiger partial charge < -0.3 is 10.3 Å². The monoisotopic (exact) mass is 325 g/mol. The zero-order valence-corrected chi connectivity index (χ0v) is 12.9. The number of nitrogens with zero attached hydrogens (tertiary/aromatic N) is 1. The van der Waals surface area contributed by atoms with Crippen molar-refractivity contribution in [2.75, 3.05) is 5.32 Å². The lowest BCUT2D eigenvalue weighted by Crippen LogP contribution is -2.14. The summed E-state index contributed by atoms with van der Waals surface area (Å²) in [7, 11) is 0. The van der Waals surface area contributed by atoms with E-state index in [1.807, 2.05) is 6.07 Å². The molecule has 0 saturated carbocycles. The summed E-state index contributed by atoms with van der Waals surface area (Å²) in [6, 6.07) is 13.1. The molecule has 0 aliphatic heterocycles. The summed E-state index contributed by atoms with van der Waals surface area (Å²) in [5.41, 5.74) is 0.609. The largest absolute Gasteiger partial charge is 0.324 e. The Morgan fingerprint density at radius 3 is 2.71 bits per heavy atom. The lowest BCUT2D eigenvalue weighted by atomic mass is 10.2. The highest BCUT2D eigenvalue weighted by Crippen LogP contribution is 2.13. The number of amides is 1. The van der Waals surface area contributed by atoms with Gasteiger partial charge >= 0.3 is 0 Å². The molecule has 2 N–H and O–H groups in total. The molecule has 122 valence electrons. The van der Waals surface area contributed by atoms with E-state index in [9.17, 15) is 14.0 Å². The molecule has 5 nitrogen and oxygen atoms in total. The van der Waals surface area contributed by atoms with Gasteiger partial charge in [-0.05, 0) is 30.7 Å². The van der Waals surface area contributed by atoms with Crippen LogP contribution in [0.25, 0.3) is 10.9 Å². The van der Waals surface area contributed by atoms with Crippen LogP contribution in [0, 0.1) is 5.82 Å². The average molecular weight is 325 g/mol. The fourth-order valence-corrected chi connectivity index (χ4v) is 2.44. The molecule has 6 heteroatoms. The minimum Gasteiger partial charge on any atom is -0.324 e. The van der Waals surface area contributed by atoms with E-state index in [-0.39, 0.29) is 23.6 Å². The van der Waals surface area contributed by atoms with E-state index in [2.05, 4.69) is 15.3 Å². The fraction of sp³-hybridized carbons (Fsp3) is 0.167. The van der Waals surface area contributed by atoms with Crippen LogP contribution in [0.3, 0.4) is 0 Å². The Hall–Kier alpha value is -3.02. The molecule has 24 heavy (non-hydrogen) atoms. The fourth-order valence-electron chi connectivity index (χ4n) is 2.44.